The number of benzene rings is 1. The number of pyridine rings is 1. The number of fused-ring (bicyclic) bond motifs is 1. The summed E-state index contributed by atoms with van der Waals surface area (Å²) in [6.07, 6.45) is 2.77. The topological polar surface area (TPSA) is 62.7 Å². The third-order valence-electron chi connectivity index (χ3n) is 4.22. The molecule has 1 aliphatic rings. The molecule has 0 aliphatic carbocycles. The highest BCUT2D eigenvalue weighted by Gasteiger charge is 2.20. The molecule has 1 aromatic carbocycles. The Morgan fingerprint density at radius 1 is 1.35 bits per heavy atom. The van der Waals surface area contributed by atoms with Crippen molar-refractivity contribution in [2.24, 2.45) is 0 Å². The molecule has 1 atom stereocenters. The number of imidazole rings is 1. The number of nitrogens with zero attached hydrogens (tertiary/aromatic N) is 2. The van der Waals surface area contributed by atoms with Gasteiger partial charge >= 0.3 is 5.69 Å². The lowest BCUT2D eigenvalue weighted by molar-refractivity contribution is 0.331. The van der Waals surface area contributed by atoms with E-state index in [0.717, 1.165) is 29.6 Å². The zero-order valence-electron chi connectivity index (χ0n) is 12.1. The zero-order valence-corrected chi connectivity index (χ0v) is 13.7. The molecule has 1 aliphatic heterocycles. The van der Waals surface area contributed by atoms with Crippen LogP contribution >= 0.6 is 23.2 Å². The summed E-state index contributed by atoms with van der Waals surface area (Å²) in [5, 5.41) is 4.29. The summed E-state index contributed by atoms with van der Waals surface area (Å²) < 4.78 is 1.72. The van der Waals surface area contributed by atoms with Crippen LogP contribution in [0.2, 0.25) is 10.0 Å². The second kappa shape index (κ2) is 5.67. The van der Waals surface area contributed by atoms with Crippen molar-refractivity contribution in [3.63, 3.8) is 0 Å². The van der Waals surface area contributed by atoms with E-state index in [2.05, 4.69) is 15.3 Å². The van der Waals surface area contributed by atoms with Gasteiger partial charge in [-0.3, -0.25) is 9.55 Å². The summed E-state index contributed by atoms with van der Waals surface area (Å²) in [4.78, 5) is 19.3. The van der Waals surface area contributed by atoms with Crippen LogP contribution in [0.15, 0.2) is 35.3 Å². The Balaban J connectivity index is 1.84. The fourth-order valence-electron chi connectivity index (χ4n) is 2.81. The van der Waals surface area contributed by atoms with Crippen LogP contribution in [0.25, 0.3) is 22.3 Å². The van der Waals surface area contributed by atoms with Crippen molar-refractivity contribution in [2.45, 2.75) is 19.0 Å². The Morgan fingerprint density at radius 2 is 2.17 bits per heavy atom. The standard InChI is InChI=1S/C16H14Cl2N4O/c17-12-3-1-2-11(14(12)18)9-6-13-15(20-7-9)21-16(23)22(13)8-10-4-5-19-10/h1-3,6-7,10,19H,4-5,8H2,(H,20,21,23). The highest BCUT2D eigenvalue weighted by molar-refractivity contribution is 6.43. The average molecular weight is 349 g/mol. The van der Waals surface area contributed by atoms with Crippen molar-refractivity contribution in [3.05, 3.63) is 51.0 Å². The fourth-order valence-corrected chi connectivity index (χ4v) is 3.22. The quantitative estimate of drug-likeness (QED) is 0.764. The van der Waals surface area contributed by atoms with Crippen LogP contribution in [0.1, 0.15) is 6.42 Å². The van der Waals surface area contributed by atoms with Crippen LogP contribution in [-0.2, 0) is 6.54 Å². The van der Waals surface area contributed by atoms with E-state index >= 15 is 0 Å². The number of nitrogens with one attached hydrogen (secondary N) is 2. The molecule has 0 saturated carbocycles. The Hall–Kier alpha value is -1.82. The Kier molecular flexibility index (Phi) is 3.64. The predicted octanol–water partition coefficient (Wildman–Crippen LogP) is 3.06. The van der Waals surface area contributed by atoms with Crippen LogP contribution in [-0.4, -0.2) is 27.1 Å². The maximum Gasteiger partial charge on any atom is 0.327 e. The van der Waals surface area contributed by atoms with Crippen LogP contribution in [0.3, 0.4) is 0 Å². The van der Waals surface area contributed by atoms with Gasteiger partial charge in [-0.05, 0) is 25.1 Å². The highest BCUT2D eigenvalue weighted by atomic mass is 35.5. The van der Waals surface area contributed by atoms with E-state index in [1.54, 1.807) is 16.8 Å². The minimum Gasteiger partial charge on any atom is -0.312 e. The normalized spacial score (nSPS) is 17.4. The Labute approximate surface area is 142 Å². The van der Waals surface area contributed by atoms with Crippen LogP contribution < -0.4 is 11.0 Å². The molecule has 0 amide bonds. The van der Waals surface area contributed by atoms with Crippen LogP contribution in [0, 0.1) is 0 Å². The third-order valence-corrected chi connectivity index (χ3v) is 5.04. The molecule has 0 bridgehead atoms. The van der Waals surface area contributed by atoms with E-state index in [1.807, 2.05) is 18.2 Å². The molecule has 4 rings (SSSR count). The molecular formula is C16H14Cl2N4O. The first-order valence-corrected chi connectivity index (χ1v) is 8.15. The number of H-pyrrole nitrogens is 1. The van der Waals surface area contributed by atoms with Gasteiger partial charge in [0, 0.05) is 29.9 Å². The van der Waals surface area contributed by atoms with E-state index in [1.165, 1.54) is 0 Å². The maximum absolute atomic E-state index is 12.2. The SMILES string of the molecule is O=c1[nH]c2ncc(-c3cccc(Cl)c3Cl)cc2n1CC1CCN1. The molecule has 5 nitrogen and oxygen atoms in total. The maximum atomic E-state index is 12.2. The molecule has 3 aromatic rings. The number of rotatable bonds is 3. The third kappa shape index (κ3) is 2.55. The van der Waals surface area contributed by atoms with E-state index in [9.17, 15) is 4.79 Å². The molecule has 23 heavy (non-hydrogen) atoms. The Morgan fingerprint density at radius 3 is 2.91 bits per heavy atom. The zero-order chi connectivity index (χ0) is 16.0. The van der Waals surface area contributed by atoms with Gasteiger partial charge in [0.1, 0.15) is 0 Å². The number of halogens is 2. The summed E-state index contributed by atoms with van der Waals surface area (Å²) in [6.45, 7) is 1.64. The van der Waals surface area contributed by atoms with Gasteiger partial charge in [0.25, 0.3) is 0 Å². The number of hydrogen-bond donors (Lipinski definition) is 2. The second-order valence-electron chi connectivity index (χ2n) is 5.67. The number of aromatic amines is 1. The van der Waals surface area contributed by atoms with E-state index in [4.69, 9.17) is 23.2 Å². The van der Waals surface area contributed by atoms with Crippen molar-refractivity contribution < 1.29 is 0 Å². The molecule has 1 saturated heterocycles. The van der Waals surface area contributed by atoms with Gasteiger partial charge in [0.05, 0.1) is 15.6 Å². The van der Waals surface area contributed by atoms with Crippen LogP contribution in [0.4, 0.5) is 0 Å². The van der Waals surface area contributed by atoms with Crippen molar-refractivity contribution >= 4 is 34.4 Å². The molecule has 2 N–H and O–H groups in total. The lowest BCUT2D eigenvalue weighted by atomic mass is 10.1. The van der Waals surface area contributed by atoms with E-state index in [0.29, 0.717) is 28.3 Å². The summed E-state index contributed by atoms with van der Waals surface area (Å²) >= 11 is 12.4. The molecule has 0 radical (unpaired) electrons. The lowest BCUT2D eigenvalue weighted by Crippen LogP contribution is -2.46. The summed E-state index contributed by atoms with van der Waals surface area (Å²) in [5.74, 6) is 0. The molecule has 7 heteroatoms. The van der Waals surface area contributed by atoms with Crippen molar-refractivity contribution in [1.29, 1.82) is 0 Å². The van der Waals surface area contributed by atoms with Crippen LogP contribution in [0.5, 0.6) is 0 Å². The van der Waals surface area contributed by atoms with Gasteiger partial charge in [0.2, 0.25) is 0 Å². The predicted molar refractivity (Wildman–Crippen MR) is 92.2 cm³/mol. The first kappa shape index (κ1) is 14.8. The first-order chi connectivity index (χ1) is 11.1. The smallest absolute Gasteiger partial charge is 0.312 e. The minimum atomic E-state index is -0.143. The minimum absolute atomic E-state index is 0.143. The monoisotopic (exact) mass is 348 g/mol. The summed E-state index contributed by atoms with van der Waals surface area (Å²) in [6, 6.07) is 7.74. The van der Waals surface area contributed by atoms with Gasteiger partial charge in [0.15, 0.2) is 5.65 Å². The van der Waals surface area contributed by atoms with Crippen molar-refractivity contribution in [3.8, 4) is 11.1 Å². The molecule has 3 heterocycles. The van der Waals surface area contributed by atoms with Crippen molar-refractivity contribution in [2.75, 3.05) is 6.54 Å². The molecule has 118 valence electrons. The molecule has 2 aromatic heterocycles. The molecular weight excluding hydrogens is 335 g/mol. The lowest BCUT2D eigenvalue weighted by Gasteiger charge is -2.27. The van der Waals surface area contributed by atoms with Gasteiger partial charge in [-0.2, -0.15) is 0 Å². The van der Waals surface area contributed by atoms with Gasteiger partial charge in [-0.15, -0.1) is 0 Å². The van der Waals surface area contributed by atoms with E-state index < -0.39 is 0 Å². The second-order valence-corrected chi connectivity index (χ2v) is 6.46. The fraction of sp³-hybridized carbons (Fsp3) is 0.250. The molecule has 1 fully saturated rings. The van der Waals surface area contributed by atoms with Crippen molar-refractivity contribution in [1.82, 2.24) is 19.9 Å². The molecule has 1 unspecified atom stereocenters. The largest absolute Gasteiger partial charge is 0.327 e. The summed E-state index contributed by atoms with van der Waals surface area (Å²) in [7, 11) is 0. The Bertz CT molecular complexity index is 943. The first-order valence-electron chi connectivity index (χ1n) is 7.40. The van der Waals surface area contributed by atoms with Gasteiger partial charge < -0.3 is 5.32 Å². The number of hydrogen-bond acceptors (Lipinski definition) is 3. The van der Waals surface area contributed by atoms with E-state index in [-0.39, 0.29) is 5.69 Å². The van der Waals surface area contributed by atoms with Gasteiger partial charge in [-0.1, -0.05) is 35.3 Å². The summed E-state index contributed by atoms with van der Waals surface area (Å²) in [5.41, 5.74) is 2.85. The molecule has 0 spiro atoms. The highest BCUT2D eigenvalue weighted by Crippen LogP contribution is 2.33. The number of aromatic nitrogens is 3. The van der Waals surface area contributed by atoms with Gasteiger partial charge in [-0.25, -0.2) is 9.78 Å². The average Bonchev–Trinajstić information content (AvgIpc) is 2.80.